The van der Waals surface area contributed by atoms with Gasteiger partial charge in [0.1, 0.15) is 5.75 Å². The van der Waals surface area contributed by atoms with Crippen LogP contribution in [0.1, 0.15) is 24.5 Å². The molecule has 1 aliphatic rings. The van der Waals surface area contributed by atoms with Crippen molar-refractivity contribution >= 4 is 28.6 Å². The van der Waals surface area contributed by atoms with Gasteiger partial charge in [-0.2, -0.15) is 5.10 Å². The molecule has 0 atom stereocenters. The zero-order chi connectivity index (χ0) is 25.8. The second-order valence-corrected chi connectivity index (χ2v) is 8.80. The molecule has 4 aromatic rings. The lowest BCUT2D eigenvalue weighted by Crippen LogP contribution is -2.38. The molecule has 8 nitrogen and oxygen atoms in total. The summed E-state index contributed by atoms with van der Waals surface area (Å²) < 4.78 is 6.71. The highest BCUT2D eigenvalue weighted by atomic mass is 16.5. The average molecular weight is 497 g/mol. The SMILES string of the molecule is CCOc1ccc(-n2c(O)c(/C=N\NC(=O)CN3CCCc4ccccc43)c3ccccc3c2=O)cc1. The van der Waals surface area contributed by atoms with E-state index in [4.69, 9.17) is 4.74 Å². The van der Waals surface area contributed by atoms with Crippen LogP contribution >= 0.6 is 0 Å². The van der Waals surface area contributed by atoms with Gasteiger partial charge in [0.15, 0.2) is 0 Å². The van der Waals surface area contributed by atoms with Gasteiger partial charge in [0, 0.05) is 23.0 Å². The number of para-hydroxylation sites is 1. The molecule has 2 N–H and O–H groups in total. The number of carbonyl (C=O) groups excluding carboxylic acids is 1. The normalized spacial score (nSPS) is 13.1. The highest BCUT2D eigenvalue weighted by Crippen LogP contribution is 2.27. The first-order valence-corrected chi connectivity index (χ1v) is 12.3. The second kappa shape index (κ2) is 10.6. The van der Waals surface area contributed by atoms with Crippen LogP contribution < -0.4 is 20.6 Å². The van der Waals surface area contributed by atoms with E-state index in [-0.39, 0.29) is 23.9 Å². The number of pyridine rings is 1. The summed E-state index contributed by atoms with van der Waals surface area (Å²) in [5.41, 5.74) is 5.33. The number of hydrogen-bond donors (Lipinski definition) is 2. The lowest BCUT2D eigenvalue weighted by molar-refractivity contribution is -0.119. The molecule has 8 heteroatoms. The van der Waals surface area contributed by atoms with Gasteiger partial charge in [0.05, 0.1) is 30.6 Å². The number of benzene rings is 3. The monoisotopic (exact) mass is 496 g/mol. The fraction of sp³-hybridized carbons (Fsp3) is 0.207. The molecule has 1 amide bonds. The summed E-state index contributed by atoms with van der Waals surface area (Å²) in [5.74, 6) is 0.132. The van der Waals surface area contributed by atoms with Gasteiger partial charge < -0.3 is 14.7 Å². The van der Waals surface area contributed by atoms with Crippen molar-refractivity contribution in [3.63, 3.8) is 0 Å². The van der Waals surface area contributed by atoms with Crippen molar-refractivity contribution in [1.82, 2.24) is 9.99 Å². The number of aryl methyl sites for hydroxylation is 1. The summed E-state index contributed by atoms with van der Waals surface area (Å²) >= 11 is 0. The quantitative estimate of drug-likeness (QED) is 0.298. The van der Waals surface area contributed by atoms with Crippen LogP contribution in [-0.4, -0.2) is 41.5 Å². The number of nitrogens with zero attached hydrogens (tertiary/aromatic N) is 3. The fourth-order valence-electron chi connectivity index (χ4n) is 4.74. The molecule has 0 fully saturated rings. The Hall–Kier alpha value is -4.59. The van der Waals surface area contributed by atoms with Crippen LogP contribution in [0, 0.1) is 0 Å². The third kappa shape index (κ3) is 4.91. The van der Waals surface area contributed by atoms with Crippen molar-refractivity contribution in [2.24, 2.45) is 5.10 Å². The molecule has 0 spiro atoms. The molecule has 0 unspecified atom stereocenters. The highest BCUT2D eigenvalue weighted by molar-refractivity contribution is 6.02. The lowest BCUT2D eigenvalue weighted by Gasteiger charge is -2.30. The molecule has 0 bridgehead atoms. The van der Waals surface area contributed by atoms with E-state index in [1.807, 2.05) is 30.0 Å². The third-order valence-electron chi connectivity index (χ3n) is 6.43. The van der Waals surface area contributed by atoms with Gasteiger partial charge in [-0.05, 0) is 61.7 Å². The number of hydrogen-bond acceptors (Lipinski definition) is 6. The van der Waals surface area contributed by atoms with Crippen molar-refractivity contribution < 1.29 is 14.6 Å². The number of aromatic nitrogens is 1. The number of ether oxygens (including phenoxy) is 1. The van der Waals surface area contributed by atoms with Gasteiger partial charge in [-0.1, -0.05) is 36.4 Å². The summed E-state index contributed by atoms with van der Waals surface area (Å²) in [6, 6.07) is 22.0. The number of rotatable bonds is 7. The molecule has 37 heavy (non-hydrogen) atoms. The molecule has 3 aromatic carbocycles. The fourth-order valence-corrected chi connectivity index (χ4v) is 4.74. The Balaban J connectivity index is 1.42. The predicted molar refractivity (Wildman–Crippen MR) is 145 cm³/mol. The van der Waals surface area contributed by atoms with Crippen LogP contribution in [-0.2, 0) is 11.2 Å². The molecule has 188 valence electrons. The first-order valence-electron chi connectivity index (χ1n) is 12.3. The summed E-state index contributed by atoms with van der Waals surface area (Å²) in [6.45, 7) is 3.39. The van der Waals surface area contributed by atoms with Gasteiger partial charge in [-0.15, -0.1) is 0 Å². The van der Waals surface area contributed by atoms with E-state index in [1.165, 1.54) is 16.3 Å². The molecule has 5 rings (SSSR count). The zero-order valence-corrected chi connectivity index (χ0v) is 20.6. The van der Waals surface area contributed by atoms with E-state index in [9.17, 15) is 14.7 Å². The van der Waals surface area contributed by atoms with Gasteiger partial charge in [0.25, 0.3) is 11.5 Å². The Kier molecular flexibility index (Phi) is 6.89. The van der Waals surface area contributed by atoms with Gasteiger partial charge in [0.2, 0.25) is 5.88 Å². The minimum absolute atomic E-state index is 0.173. The van der Waals surface area contributed by atoms with E-state index >= 15 is 0 Å². The summed E-state index contributed by atoms with van der Waals surface area (Å²) in [7, 11) is 0. The van der Waals surface area contributed by atoms with Crippen LogP contribution in [0.3, 0.4) is 0 Å². The molecule has 0 radical (unpaired) electrons. The van der Waals surface area contributed by atoms with Gasteiger partial charge in [-0.25, -0.2) is 9.99 Å². The maximum Gasteiger partial charge on any atom is 0.265 e. The first kappa shape index (κ1) is 24.1. The first-order chi connectivity index (χ1) is 18.1. The Morgan fingerprint density at radius 3 is 2.57 bits per heavy atom. The average Bonchev–Trinajstić information content (AvgIpc) is 2.92. The third-order valence-corrected chi connectivity index (χ3v) is 6.43. The largest absolute Gasteiger partial charge is 0.494 e. The number of amides is 1. The Labute approximate surface area is 214 Å². The summed E-state index contributed by atoms with van der Waals surface area (Å²) in [5, 5.41) is 16.2. The molecular weight excluding hydrogens is 468 g/mol. The number of anilines is 1. The highest BCUT2D eigenvalue weighted by Gasteiger charge is 2.19. The van der Waals surface area contributed by atoms with E-state index < -0.39 is 0 Å². The van der Waals surface area contributed by atoms with Gasteiger partial charge in [-0.3, -0.25) is 9.59 Å². The topological polar surface area (TPSA) is 96.2 Å². The molecule has 1 aromatic heterocycles. The Morgan fingerprint density at radius 1 is 1.05 bits per heavy atom. The zero-order valence-electron chi connectivity index (χ0n) is 20.6. The van der Waals surface area contributed by atoms with Crippen LogP contribution in [0.15, 0.2) is 82.7 Å². The second-order valence-electron chi connectivity index (χ2n) is 8.80. The molecular formula is C29H28N4O4. The number of carbonyl (C=O) groups is 1. The van der Waals surface area contributed by atoms with E-state index in [0.29, 0.717) is 34.4 Å². The van der Waals surface area contributed by atoms with Crippen molar-refractivity contribution in [1.29, 1.82) is 0 Å². The molecule has 0 saturated heterocycles. The van der Waals surface area contributed by atoms with Crippen LogP contribution in [0.4, 0.5) is 5.69 Å². The van der Waals surface area contributed by atoms with Crippen molar-refractivity contribution in [2.45, 2.75) is 19.8 Å². The smallest absolute Gasteiger partial charge is 0.265 e. The van der Waals surface area contributed by atoms with Crippen LogP contribution in [0.25, 0.3) is 16.5 Å². The van der Waals surface area contributed by atoms with Crippen molar-refractivity contribution in [3.8, 4) is 17.3 Å². The summed E-state index contributed by atoms with van der Waals surface area (Å²) in [6.07, 6.45) is 3.37. The van der Waals surface area contributed by atoms with Gasteiger partial charge >= 0.3 is 0 Å². The maximum atomic E-state index is 13.3. The summed E-state index contributed by atoms with van der Waals surface area (Å²) in [4.78, 5) is 28.0. The van der Waals surface area contributed by atoms with E-state index in [1.54, 1.807) is 48.5 Å². The standard InChI is InChI=1S/C29H28N4O4/c1-2-37-22-15-13-21(14-16-22)33-28(35)24-11-5-4-10-23(24)25(29(33)36)18-30-31-27(34)19-32-17-7-9-20-8-3-6-12-26(20)32/h3-6,8,10-16,18,36H,2,7,9,17,19H2,1H3,(H,31,34)/b30-18-. The predicted octanol–water partition coefficient (Wildman–Crippen LogP) is 4.00. The Bertz CT molecular complexity index is 1530. The minimum Gasteiger partial charge on any atom is -0.494 e. The number of fused-ring (bicyclic) bond motifs is 2. The van der Waals surface area contributed by atoms with E-state index in [0.717, 1.165) is 25.1 Å². The van der Waals surface area contributed by atoms with E-state index in [2.05, 4.69) is 16.6 Å². The number of hydrazone groups is 1. The molecule has 0 saturated carbocycles. The minimum atomic E-state index is -0.359. The number of aromatic hydroxyl groups is 1. The van der Waals surface area contributed by atoms with Crippen LogP contribution in [0.5, 0.6) is 11.6 Å². The van der Waals surface area contributed by atoms with Crippen molar-refractivity contribution in [3.05, 3.63) is 94.3 Å². The van der Waals surface area contributed by atoms with Crippen molar-refractivity contribution in [2.75, 3.05) is 24.6 Å². The van der Waals surface area contributed by atoms with Crippen LogP contribution in [0.2, 0.25) is 0 Å². The molecule has 0 aliphatic carbocycles. The maximum absolute atomic E-state index is 13.3. The number of nitrogens with one attached hydrogen (secondary N) is 1. The molecule has 2 heterocycles. The Morgan fingerprint density at radius 2 is 1.78 bits per heavy atom. The lowest BCUT2D eigenvalue weighted by atomic mass is 10.0. The molecule has 1 aliphatic heterocycles.